The first kappa shape index (κ1) is 10.0. The molecule has 5 nitrogen and oxygen atoms in total. The topological polar surface area (TPSA) is 90.6 Å². The van der Waals surface area contributed by atoms with E-state index in [1.54, 1.807) is 13.0 Å². The summed E-state index contributed by atoms with van der Waals surface area (Å²) in [6.07, 6.45) is 0.167. The molecule has 1 rings (SSSR count). The van der Waals surface area contributed by atoms with Gasteiger partial charge in [0.1, 0.15) is 0 Å². The standard InChI is InChI=1S/C7H10BNO4/c1-2-13-6(10)7(4-9)3-5(7)8(11)12/h5,11-12H,2-3H2,1H3. The van der Waals surface area contributed by atoms with Crippen molar-refractivity contribution in [3.63, 3.8) is 0 Å². The third kappa shape index (κ3) is 1.53. The van der Waals surface area contributed by atoms with Crippen molar-refractivity contribution < 1.29 is 19.6 Å². The fraction of sp³-hybridized carbons (Fsp3) is 0.714. The Morgan fingerprint density at radius 2 is 2.46 bits per heavy atom. The summed E-state index contributed by atoms with van der Waals surface area (Å²) in [6.45, 7) is 1.83. The van der Waals surface area contributed by atoms with Gasteiger partial charge in [-0.05, 0) is 13.3 Å². The van der Waals surface area contributed by atoms with Gasteiger partial charge in [-0.25, -0.2) is 0 Å². The third-order valence-corrected chi connectivity index (χ3v) is 2.21. The predicted molar refractivity (Wildman–Crippen MR) is 43.2 cm³/mol. The van der Waals surface area contributed by atoms with Crippen LogP contribution in [0, 0.1) is 16.7 Å². The molecule has 1 fully saturated rings. The van der Waals surface area contributed by atoms with E-state index in [1.165, 1.54) is 0 Å². The molecule has 13 heavy (non-hydrogen) atoms. The highest BCUT2D eigenvalue weighted by Gasteiger charge is 2.66. The molecule has 70 valence electrons. The van der Waals surface area contributed by atoms with E-state index in [2.05, 4.69) is 4.74 Å². The summed E-state index contributed by atoms with van der Waals surface area (Å²) in [4.78, 5) is 11.2. The molecule has 2 unspecified atom stereocenters. The SMILES string of the molecule is CCOC(=O)C1(C#N)CC1B(O)O. The molecule has 0 spiro atoms. The number of carbonyl (C=O) groups excluding carboxylic acids is 1. The third-order valence-electron chi connectivity index (χ3n) is 2.21. The Labute approximate surface area is 76.1 Å². The van der Waals surface area contributed by atoms with Gasteiger partial charge in [-0.3, -0.25) is 4.79 Å². The Kier molecular flexibility index (Phi) is 2.59. The Morgan fingerprint density at radius 3 is 2.77 bits per heavy atom. The van der Waals surface area contributed by atoms with E-state index in [-0.39, 0.29) is 13.0 Å². The molecule has 0 amide bonds. The Bertz CT molecular complexity index is 262. The Hall–Kier alpha value is -1.06. The van der Waals surface area contributed by atoms with Gasteiger partial charge in [-0.2, -0.15) is 5.26 Å². The summed E-state index contributed by atoms with van der Waals surface area (Å²) < 4.78 is 4.66. The number of nitriles is 1. The zero-order chi connectivity index (χ0) is 10.1. The average Bonchev–Trinajstić information content (AvgIpc) is 2.80. The lowest BCUT2D eigenvalue weighted by Crippen LogP contribution is -2.24. The zero-order valence-corrected chi connectivity index (χ0v) is 7.23. The van der Waals surface area contributed by atoms with Crippen molar-refractivity contribution in [1.29, 1.82) is 5.26 Å². The molecular formula is C7H10BNO4. The highest BCUT2D eigenvalue weighted by atomic mass is 16.5. The van der Waals surface area contributed by atoms with Crippen LogP contribution in [-0.4, -0.2) is 29.7 Å². The maximum Gasteiger partial charge on any atom is 0.457 e. The zero-order valence-electron chi connectivity index (χ0n) is 7.23. The predicted octanol–water partition coefficient (Wildman–Crippen LogP) is -0.694. The Morgan fingerprint density at radius 1 is 1.85 bits per heavy atom. The second kappa shape index (κ2) is 3.36. The summed E-state index contributed by atoms with van der Waals surface area (Å²) in [7, 11) is -1.62. The number of esters is 1. The number of hydrogen-bond donors (Lipinski definition) is 2. The van der Waals surface area contributed by atoms with Crippen molar-refractivity contribution in [2.75, 3.05) is 6.61 Å². The second-order valence-corrected chi connectivity index (χ2v) is 3.03. The molecule has 0 aromatic heterocycles. The van der Waals surface area contributed by atoms with E-state index in [4.69, 9.17) is 15.3 Å². The molecule has 0 aliphatic heterocycles. The molecule has 0 heterocycles. The minimum atomic E-state index is -1.62. The van der Waals surface area contributed by atoms with Crippen molar-refractivity contribution >= 4 is 13.1 Å². The molecule has 6 heteroatoms. The Balaban J connectivity index is 2.67. The number of rotatable bonds is 3. The lowest BCUT2D eigenvalue weighted by Gasteiger charge is -2.06. The monoisotopic (exact) mass is 183 g/mol. The number of nitrogens with zero attached hydrogens (tertiary/aromatic N) is 1. The van der Waals surface area contributed by atoms with Gasteiger partial charge in [0.2, 0.25) is 0 Å². The molecular weight excluding hydrogens is 173 g/mol. The van der Waals surface area contributed by atoms with Crippen LogP contribution in [0.5, 0.6) is 0 Å². The summed E-state index contributed by atoms with van der Waals surface area (Å²) in [6, 6.07) is 1.77. The number of ether oxygens (including phenoxy) is 1. The minimum Gasteiger partial charge on any atom is -0.465 e. The van der Waals surface area contributed by atoms with Crippen molar-refractivity contribution in [3.05, 3.63) is 0 Å². The quantitative estimate of drug-likeness (QED) is 0.446. The molecule has 1 saturated carbocycles. The maximum absolute atomic E-state index is 11.2. The molecule has 1 aliphatic carbocycles. The van der Waals surface area contributed by atoms with Gasteiger partial charge in [0.15, 0.2) is 5.41 Å². The summed E-state index contributed by atoms with van der Waals surface area (Å²) in [5.74, 6) is -1.35. The van der Waals surface area contributed by atoms with E-state index in [9.17, 15) is 4.79 Å². The van der Waals surface area contributed by atoms with Gasteiger partial charge in [0.25, 0.3) is 0 Å². The van der Waals surface area contributed by atoms with E-state index in [0.29, 0.717) is 0 Å². The molecule has 0 bridgehead atoms. The van der Waals surface area contributed by atoms with Crippen molar-refractivity contribution in [1.82, 2.24) is 0 Å². The molecule has 0 saturated heterocycles. The molecule has 0 aromatic carbocycles. The summed E-state index contributed by atoms with van der Waals surface area (Å²) >= 11 is 0. The first-order valence-electron chi connectivity index (χ1n) is 4.03. The number of carbonyl (C=O) groups is 1. The largest absolute Gasteiger partial charge is 0.465 e. The van der Waals surface area contributed by atoms with Crippen LogP contribution in [-0.2, 0) is 9.53 Å². The van der Waals surface area contributed by atoms with E-state index >= 15 is 0 Å². The van der Waals surface area contributed by atoms with Crippen LogP contribution >= 0.6 is 0 Å². The molecule has 2 atom stereocenters. The second-order valence-electron chi connectivity index (χ2n) is 3.03. The van der Waals surface area contributed by atoms with Gasteiger partial charge in [0.05, 0.1) is 12.7 Å². The van der Waals surface area contributed by atoms with Crippen LogP contribution < -0.4 is 0 Å². The van der Waals surface area contributed by atoms with Crippen LogP contribution in [0.2, 0.25) is 5.82 Å². The van der Waals surface area contributed by atoms with Gasteiger partial charge in [-0.15, -0.1) is 0 Å². The van der Waals surface area contributed by atoms with Crippen LogP contribution in [0.25, 0.3) is 0 Å². The van der Waals surface area contributed by atoms with Crippen LogP contribution in [0.4, 0.5) is 0 Å². The van der Waals surface area contributed by atoms with E-state index in [0.717, 1.165) is 0 Å². The normalized spacial score (nSPS) is 30.5. The number of hydrogen-bond acceptors (Lipinski definition) is 5. The molecule has 1 aliphatic rings. The lowest BCUT2D eigenvalue weighted by molar-refractivity contribution is -0.147. The fourth-order valence-corrected chi connectivity index (χ4v) is 1.32. The van der Waals surface area contributed by atoms with Gasteiger partial charge in [0, 0.05) is 5.82 Å². The first-order valence-corrected chi connectivity index (χ1v) is 4.03. The fourth-order valence-electron chi connectivity index (χ4n) is 1.32. The first-order chi connectivity index (χ1) is 6.08. The van der Waals surface area contributed by atoms with E-state index < -0.39 is 24.3 Å². The van der Waals surface area contributed by atoms with Gasteiger partial charge >= 0.3 is 13.1 Å². The molecule has 2 N–H and O–H groups in total. The van der Waals surface area contributed by atoms with Crippen molar-refractivity contribution in [2.24, 2.45) is 5.41 Å². The average molecular weight is 183 g/mol. The van der Waals surface area contributed by atoms with Crippen LogP contribution in [0.3, 0.4) is 0 Å². The van der Waals surface area contributed by atoms with Gasteiger partial charge in [-0.1, -0.05) is 0 Å². The molecule has 0 radical (unpaired) electrons. The molecule has 0 aromatic rings. The van der Waals surface area contributed by atoms with E-state index in [1.807, 2.05) is 0 Å². The van der Waals surface area contributed by atoms with Crippen LogP contribution in [0.15, 0.2) is 0 Å². The van der Waals surface area contributed by atoms with Crippen molar-refractivity contribution in [2.45, 2.75) is 19.2 Å². The van der Waals surface area contributed by atoms with Crippen LogP contribution in [0.1, 0.15) is 13.3 Å². The summed E-state index contributed by atoms with van der Waals surface area (Å²) in [5, 5.41) is 26.2. The summed E-state index contributed by atoms with van der Waals surface area (Å²) in [5.41, 5.74) is -1.32. The smallest absolute Gasteiger partial charge is 0.457 e. The highest BCUT2D eigenvalue weighted by molar-refractivity contribution is 6.46. The van der Waals surface area contributed by atoms with Crippen molar-refractivity contribution in [3.8, 4) is 6.07 Å². The highest BCUT2D eigenvalue weighted by Crippen LogP contribution is 2.58. The van der Waals surface area contributed by atoms with Gasteiger partial charge < -0.3 is 14.8 Å². The lowest BCUT2D eigenvalue weighted by atomic mass is 9.78. The maximum atomic E-state index is 11.2. The minimum absolute atomic E-state index is 0.167.